The number of likely N-dealkylation sites (tertiary alicyclic amines) is 1. The van der Waals surface area contributed by atoms with Crippen LogP contribution in [0.25, 0.3) is 0 Å². The highest BCUT2D eigenvalue weighted by Gasteiger charge is 2.45. The Morgan fingerprint density at radius 2 is 1.69 bits per heavy atom. The summed E-state index contributed by atoms with van der Waals surface area (Å²) in [5.41, 5.74) is 5.28. The lowest BCUT2D eigenvalue weighted by molar-refractivity contribution is -0.143. The Morgan fingerprint density at radius 1 is 1.02 bits per heavy atom. The minimum Gasteiger partial charge on any atom is -0.460 e. The molecular weight excluding hydrogens is 542 g/mol. The molecule has 1 aromatic carbocycles. The van der Waals surface area contributed by atoms with Crippen molar-refractivity contribution in [1.82, 2.24) is 20.9 Å². The summed E-state index contributed by atoms with van der Waals surface area (Å²) in [6.07, 6.45) is 3.25. The number of amides is 5. The number of carbonyl (C=O) groups is 6. The van der Waals surface area contributed by atoms with E-state index in [1.165, 1.54) is 4.90 Å². The first-order valence-electron chi connectivity index (χ1n) is 14.5. The molecule has 12 nitrogen and oxygen atoms in total. The van der Waals surface area contributed by atoms with Crippen molar-refractivity contribution >= 4 is 35.5 Å². The van der Waals surface area contributed by atoms with Crippen LogP contribution in [0.1, 0.15) is 65.4 Å². The van der Waals surface area contributed by atoms with E-state index in [0.717, 1.165) is 24.8 Å². The summed E-state index contributed by atoms with van der Waals surface area (Å²) in [5.74, 6) is -3.32. The zero-order valence-corrected chi connectivity index (χ0v) is 24.8. The van der Waals surface area contributed by atoms with E-state index in [1.54, 1.807) is 20.8 Å². The molecule has 230 valence electrons. The molecule has 3 rings (SSSR count). The Bertz CT molecular complexity index is 1160. The Kier molecular flexibility index (Phi) is 11.1. The van der Waals surface area contributed by atoms with E-state index in [9.17, 15) is 28.8 Å². The lowest BCUT2D eigenvalue weighted by Crippen LogP contribution is -2.60. The number of esters is 1. The van der Waals surface area contributed by atoms with Gasteiger partial charge in [0.2, 0.25) is 17.6 Å². The van der Waals surface area contributed by atoms with E-state index in [-0.39, 0.29) is 18.4 Å². The lowest BCUT2D eigenvalue weighted by atomic mass is 9.85. The van der Waals surface area contributed by atoms with Gasteiger partial charge in [-0.1, -0.05) is 77.3 Å². The van der Waals surface area contributed by atoms with Gasteiger partial charge in [-0.2, -0.15) is 0 Å². The molecule has 2 fully saturated rings. The minimum absolute atomic E-state index is 0.0345. The lowest BCUT2D eigenvalue weighted by Gasteiger charge is -2.35. The van der Waals surface area contributed by atoms with Crippen LogP contribution in [0.5, 0.6) is 0 Å². The van der Waals surface area contributed by atoms with Gasteiger partial charge in [0.15, 0.2) is 0 Å². The molecule has 12 heteroatoms. The third kappa shape index (κ3) is 9.28. The summed E-state index contributed by atoms with van der Waals surface area (Å²) < 4.78 is 5.18. The van der Waals surface area contributed by atoms with E-state index < -0.39 is 65.6 Å². The number of hydrogen-bond acceptors (Lipinski definition) is 7. The molecule has 0 radical (unpaired) electrons. The molecule has 0 aromatic heterocycles. The highest BCUT2D eigenvalue weighted by atomic mass is 16.5. The number of carbonyl (C=O) groups excluding carboxylic acids is 6. The normalized spacial score (nSPS) is 19.8. The fourth-order valence-corrected chi connectivity index (χ4v) is 5.01. The summed E-state index contributed by atoms with van der Waals surface area (Å²) in [7, 11) is 0. The summed E-state index contributed by atoms with van der Waals surface area (Å²) >= 11 is 0. The van der Waals surface area contributed by atoms with Crippen molar-refractivity contribution in [2.24, 2.45) is 23.0 Å². The third-order valence-corrected chi connectivity index (χ3v) is 7.72. The second-order valence-corrected chi connectivity index (χ2v) is 12.3. The molecule has 42 heavy (non-hydrogen) atoms. The monoisotopic (exact) mass is 585 g/mol. The zero-order chi connectivity index (χ0) is 31.0. The van der Waals surface area contributed by atoms with Gasteiger partial charge in [0.25, 0.3) is 5.91 Å². The quantitative estimate of drug-likeness (QED) is 0.200. The Balaban J connectivity index is 1.65. The van der Waals surface area contributed by atoms with Crippen LogP contribution in [-0.2, 0) is 35.3 Å². The van der Waals surface area contributed by atoms with Gasteiger partial charge in [-0.05, 0) is 35.7 Å². The third-order valence-electron chi connectivity index (χ3n) is 7.72. The molecule has 1 saturated carbocycles. The van der Waals surface area contributed by atoms with Gasteiger partial charge < -0.3 is 31.3 Å². The molecule has 4 atom stereocenters. The van der Waals surface area contributed by atoms with Crippen LogP contribution in [0.2, 0.25) is 0 Å². The van der Waals surface area contributed by atoms with Crippen LogP contribution in [-0.4, -0.2) is 71.6 Å². The molecule has 0 spiro atoms. The number of Topliss-reactive ketones (excluding diaryl/α,β-unsaturated/α-hetero) is 1. The van der Waals surface area contributed by atoms with Crippen molar-refractivity contribution in [3.8, 4) is 0 Å². The molecule has 1 heterocycles. The summed E-state index contributed by atoms with van der Waals surface area (Å²) in [4.78, 5) is 77.7. The topological polar surface area (TPSA) is 177 Å². The number of rotatable bonds is 13. The zero-order valence-electron chi connectivity index (χ0n) is 24.8. The van der Waals surface area contributed by atoms with Gasteiger partial charge in [-0.15, -0.1) is 0 Å². The number of nitrogens with zero attached hydrogens (tertiary/aromatic N) is 1. The molecule has 0 bridgehead atoms. The second kappa shape index (κ2) is 14.3. The molecule has 1 aromatic rings. The number of ketones is 1. The summed E-state index contributed by atoms with van der Waals surface area (Å²) in [6.45, 7) is 7.27. The SMILES string of the molecule is CC[C@@H]1CC(C(=O)NC(CC2CC2)C(=O)C(N)=O)N(C(=O)C(NC(=O)NCC(=O)OCc2ccccc2)C(C)(C)C)C1. The Hall–Kier alpha value is -3.96. The van der Waals surface area contributed by atoms with E-state index in [4.69, 9.17) is 10.5 Å². The average molecular weight is 586 g/mol. The molecule has 1 saturated heterocycles. The van der Waals surface area contributed by atoms with Gasteiger partial charge in [-0.3, -0.25) is 24.0 Å². The van der Waals surface area contributed by atoms with Gasteiger partial charge in [0.1, 0.15) is 25.2 Å². The fourth-order valence-electron chi connectivity index (χ4n) is 5.01. The fraction of sp³-hybridized carbons (Fsp3) is 0.600. The predicted octanol–water partition coefficient (Wildman–Crippen LogP) is 1.41. The smallest absolute Gasteiger partial charge is 0.325 e. The van der Waals surface area contributed by atoms with Crippen LogP contribution in [0, 0.1) is 17.3 Å². The van der Waals surface area contributed by atoms with E-state index in [1.807, 2.05) is 37.3 Å². The number of nitrogens with two attached hydrogens (primary N) is 1. The van der Waals surface area contributed by atoms with Gasteiger partial charge in [-0.25, -0.2) is 4.79 Å². The number of ether oxygens (including phenoxy) is 1. The number of urea groups is 1. The van der Waals surface area contributed by atoms with Crippen LogP contribution >= 0.6 is 0 Å². The van der Waals surface area contributed by atoms with Crippen molar-refractivity contribution in [3.05, 3.63) is 35.9 Å². The predicted molar refractivity (Wildman–Crippen MR) is 153 cm³/mol. The number of hydrogen-bond donors (Lipinski definition) is 4. The molecule has 5 amide bonds. The van der Waals surface area contributed by atoms with Crippen molar-refractivity contribution in [3.63, 3.8) is 0 Å². The number of benzene rings is 1. The Labute approximate surface area is 246 Å². The highest BCUT2D eigenvalue weighted by Crippen LogP contribution is 2.34. The number of primary amides is 1. The van der Waals surface area contributed by atoms with Crippen LogP contribution < -0.4 is 21.7 Å². The van der Waals surface area contributed by atoms with Gasteiger partial charge >= 0.3 is 12.0 Å². The van der Waals surface area contributed by atoms with Gasteiger partial charge in [0.05, 0.1) is 6.04 Å². The van der Waals surface area contributed by atoms with Crippen molar-refractivity contribution in [1.29, 1.82) is 0 Å². The standard InChI is InChI=1S/C30H43N5O7/c1-5-18-14-22(27(39)33-21(13-19-11-12-19)24(37)26(31)38)35(16-18)28(40)25(30(2,3)4)34-29(41)32-15-23(36)42-17-20-9-7-6-8-10-20/h6-10,18-19,21-22,25H,5,11-17H2,1-4H3,(H2,31,38)(H,33,39)(H2,32,34,41)/t18-,21?,22?,25?/m1/s1. The first-order valence-corrected chi connectivity index (χ1v) is 14.5. The summed E-state index contributed by atoms with van der Waals surface area (Å²) in [6, 6.07) is 5.43. The minimum atomic E-state index is -1.11. The van der Waals surface area contributed by atoms with E-state index in [0.29, 0.717) is 19.4 Å². The second-order valence-electron chi connectivity index (χ2n) is 12.3. The maximum atomic E-state index is 13.9. The molecule has 1 aliphatic heterocycles. The molecule has 5 N–H and O–H groups in total. The molecule has 3 unspecified atom stereocenters. The average Bonchev–Trinajstić information content (AvgIpc) is 3.66. The van der Waals surface area contributed by atoms with Gasteiger partial charge in [0, 0.05) is 6.54 Å². The maximum absolute atomic E-state index is 13.9. The van der Waals surface area contributed by atoms with Crippen molar-refractivity contribution in [2.45, 2.75) is 84.5 Å². The summed E-state index contributed by atoms with van der Waals surface area (Å²) in [5, 5.41) is 7.79. The van der Waals surface area contributed by atoms with E-state index in [2.05, 4.69) is 16.0 Å². The molecule has 2 aliphatic rings. The Morgan fingerprint density at radius 3 is 2.26 bits per heavy atom. The van der Waals surface area contributed by atoms with Crippen LogP contribution in [0.15, 0.2) is 30.3 Å². The first-order chi connectivity index (χ1) is 19.8. The number of nitrogens with one attached hydrogen (secondary N) is 3. The highest BCUT2D eigenvalue weighted by molar-refractivity contribution is 6.37. The largest absolute Gasteiger partial charge is 0.460 e. The van der Waals surface area contributed by atoms with Crippen molar-refractivity contribution < 1.29 is 33.5 Å². The maximum Gasteiger partial charge on any atom is 0.325 e. The molecular formula is C30H43N5O7. The van der Waals surface area contributed by atoms with E-state index >= 15 is 0 Å². The van der Waals surface area contributed by atoms with Crippen LogP contribution in [0.4, 0.5) is 4.79 Å². The molecule has 1 aliphatic carbocycles. The van der Waals surface area contributed by atoms with Crippen LogP contribution in [0.3, 0.4) is 0 Å². The van der Waals surface area contributed by atoms with Crippen molar-refractivity contribution in [2.75, 3.05) is 13.1 Å². The first kappa shape index (κ1) is 32.6.